The van der Waals surface area contributed by atoms with E-state index < -0.39 is 0 Å². The van der Waals surface area contributed by atoms with E-state index in [1.54, 1.807) is 28.9 Å². The molecule has 0 bridgehead atoms. The second-order valence-electron chi connectivity index (χ2n) is 5.81. The zero-order valence-corrected chi connectivity index (χ0v) is 15.9. The molecule has 0 aliphatic rings. The highest BCUT2D eigenvalue weighted by atomic mass is 32.1. The predicted octanol–water partition coefficient (Wildman–Crippen LogP) is 4.88. The Morgan fingerprint density at radius 1 is 1.11 bits per heavy atom. The van der Waals surface area contributed by atoms with Crippen LogP contribution in [-0.4, -0.2) is 21.0 Å². The largest absolute Gasteiger partial charge is 0.339 e. The van der Waals surface area contributed by atoms with Gasteiger partial charge in [-0.1, -0.05) is 11.2 Å². The molecular weight excluding hydrogens is 380 g/mol. The number of nitrogens with one attached hydrogen (secondary N) is 1. The lowest BCUT2D eigenvalue weighted by Crippen LogP contribution is -2.11. The Balaban J connectivity index is 1.25. The van der Waals surface area contributed by atoms with Crippen LogP contribution in [0.25, 0.3) is 21.3 Å². The highest BCUT2D eigenvalue weighted by molar-refractivity contribution is 7.13. The standard InChI is InChI=1S/C19H16N4O2S2/c24-16(21-14-8-6-13(7-9-14)19-20-10-12-27-19)4-1-5-17-22-18(23-25-17)15-3-2-11-26-15/h2-3,6-12H,1,4-5H2,(H,21,24). The van der Waals surface area contributed by atoms with Crippen molar-refractivity contribution in [2.24, 2.45) is 0 Å². The fraction of sp³-hybridized carbons (Fsp3) is 0.158. The van der Waals surface area contributed by atoms with E-state index in [4.69, 9.17) is 4.52 Å². The average molecular weight is 396 g/mol. The molecule has 1 aromatic carbocycles. The van der Waals surface area contributed by atoms with E-state index in [-0.39, 0.29) is 5.91 Å². The Morgan fingerprint density at radius 3 is 2.74 bits per heavy atom. The second kappa shape index (κ2) is 8.24. The minimum Gasteiger partial charge on any atom is -0.339 e. The van der Waals surface area contributed by atoms with Crippen molar-refractivity contribution in [3.63, 3.8) is 0 Å². The van der Waals surface area contributed by atoms with Crippen LogP contribution >= 0.6 is 22.7 Å². The lowest BCUT2D eigenvalue weighted by molar-refractivity contribution is -0.116. The number of rotatable bonds is 7. The zero-order chi connectivity index (χ0) is 18.5. The van der Waals surface area contributed by atoms with E-state index in [9.17, 15) is 4.79 Å². The molecule has 0 spiro atoms. The molecule has 0 aliphatic heterocycles. The van der Waals surface area contributed by atoms with E-state index >= 15 is 0 Å². The third-order valence-electron chi connectivity index (χ3n) is 3.85. The Kier molecular flexibility index (Phi) is 5.36. The average Bonchev–Trinajstić information content (AvgIpc) is 3.44. The number of benzene rings is 1. The van der Waals surface area contributed by atoms with E-state index in [2.05, 4.69) is 20.4 Å². The summed E-state index contributed by atoms with van der Waals surface area (Å²) in [6.07, 6.45) is 3.40. The monoisotopic (exact) mass is 396 g/mol. The van der Waals surface area contributed by atoms with Gasteiger partial charge in [-0.15, -0.1) is 22.7 Å². The normalized spacial score (nSPS) is 10.8. The van der Waals surface area contributed by atoms with E-state index in [0.29, 0.717) is 31.0 Å². The van der Waals surface area contributed by atoms with Crippen molar-refractivity contribution in [1.29, 1.82) is 0 Å². The molecule has 0 radical (unpaired) electrons. The molecule has 3 heterocycles. The third kappa shape index (κ3) is 4.47. The van der Waals surface area contributed by atoms with Gasteiger partial charge in [-0.2, -0.15) is 4.98 Å². The summed E-state index contributed by atoms with van der Waals surface area (Å²) in [7, 11) is 0. The molecule has 0 fully saturated rings. The van der Waals surface area contributed by atoms with Gasteiger partial charge in [-0.05, 0) is 42.1 Å². The second-order valence-corrected chi connectivity index (χ2v) is 7.65. The van der Waals surface area contributed by atoms with Crippen molar-refractivity contribution in [3.8, 4) is 21.3 Å². The third-order valence-corrected chi connectivity index (χ3v) is 5.54. The lowest BCUT2D eigenvalue weighted by atomic mass is 10.2. The van der Waals surface area contributed by atoms with Crippen LogP contribution in [0.15, 0.2) is 57.9 Å². The first-order chi connectivity index (χ1) is 13.3. The number of aromatic nitrogens is 3. The van der Waals surface area contributed by atoms with Crippen LogP contribution in [0.3, 0.4) is 0 Å². The smallest absolute Gasteiger partial charge is 0.226 e. The molecule has 8 heteroatoms. The van der Waals surface area contributed by atoms with Gasteiger partial charge < -0.3 is 9.84 Å². The molecule has 0 saturated heterocycles. The summed E-state index contributed by atoms with van der Waals surface area (Å²) in [6, 6.07) is 11.6. The van der Waals surface area contributed by atoms with Gasteiger partial charge in [-0.25, -0.2) is 4.98 Å². The van der Waals surface area contributed by atoms with E-state index in [1.807, 2.05) is 47.2 Å². The summed E-state index contributed by atoms with van der Waals surface area (Å²) in [5.74, 6) is 1.12. The quantitative estimate of drug-likeness (QED) is 0.481. The lowest BCUT2D eigenvalue weighted by Gasteiger charge is -2.05. The summed E-state index contributed by atoms with van der Waals surface area (Å²) < 4.78 is 5.25. The van der Waals surface area contributed by atoms with E-state index in [0.717, 1.165) is 21.1 Å². The molecular formula is C19H16N4O2S2. The minimum atomic E-state index is -0.0324. The Hall–Kier alpha value is -2.84. The zero-order valence-electron chi connectivity index (χ0n) is 14.3. The van der Waals surface area contributed by atoms with Crippen molar-refractivity contribution < 1.29 is 9.32 Å². The van der Waals surface area contributed by atoms with Gasteiger partial charge in [0.2, 0.25) is 17.6 Å². The minimum absolute atomic E-state index is 0.0324. The molecule has 0 unspecified atom stereocenters. The summed E-state index contributed by atoms with van der Waals surface area (Å²) >= 11 is 3.15. The SMILES string of the molecule is O=C(CCCc1nc(-c2cccs2)no1)Nc1ccc(-c2nccs2)cc1. The van der Waals surface area contributed by atoms with Crippen molar-refractivity contribution in [1.82, 2.24) is 15.1 Å². The van der Waals surface area contributed by atoms with Gasteiger partial charge in [0.1, 0.15) is 5.01 Å². The Labute approximate surface area is 163 Å². The number of amides is 1. The Bertz CT molecular complexity index is 993. The van der Waals surface area contributed by atoms with Crippen LogP contribution < -0.4 is 5.32 Å². The van der Waals surface area contributed by atoms with Gasteiger partial charge >= 0.3 is 0 Å². The molecule has 1 amide bonds. The maximum atomic E-state index is 12.1. The maximum Gasteiger partial charge on any atom is 0.226 e. The van der Waals surface area contributed by atoms with Crippen LogP contribution in [0.2, 0.25) is 0 Å². The van der Waals surface area contributed by atoms with Crippen LogP contribution in [0.1, 0.15) is 18.7 Å². The van der Waals surface area contributed by atoms with E-state index in [1.165, 1.54) is 0 Å². The highest BCUT2D eigenvalue weighted by Crippen LogP contribution is 2.24. The molecule has 27 heavy (non-hydrogen) atoms. The summed E-state index contributed by atoms with van der Waals surface area (Å²) in [6.45, 7) is 0. The number of hydrogen-bond acceptors (Lipinski definition) is 7. The van der Waals surface area contributed by atoms with Crippen LogP contribution in [0, 0.1) is 0 Å². The van der Waals surface area contributed by atoms with Crippen LogP contribution in [-0.2, 0) is 11.2 Å². The fourth-order valence-electron chi connectivity index (χ4n) is 2.55. The van der Waals surface area contributed by atoms with Crippen molar-refractivity contribution >= 4 is 34.3 Å². The Morgan fingerprint density at radius 2 is 2.00 bits per heavy atom. The molecule has 0 aliphatic carbocycles. The molecule has 4 rings (SSSR count). The molecule has 4 aromatic rings. The number of carbonyl (C=O) groups excluding carboxylic acids is 1. The first kappa shape index (κ1) is 17.6. The van der Waals surface area contributed by atoms with Crippen LogP contribution in [0.5, 0.6) is 0 Å². The number of thiophene rings is 1. The first-order valence-electron chi connectivity index (χ1n) is 8.44. The molecule has 0 atom stereocenters. The van der Waals surface area contributed by atoms with Crippen molar-refractivity contribution in [2.45, 2.75) is 19.3 Å². The number of nitrogens with zero attached hydrogens (tertiary/aromatic N) is 3. The highest BCUT2D eigenvalue weighted by Gasteiger charge is 2.10. The first-order valence-corrected chi connectivity index (χ1v) is 10.2. The van der Waals surface area contributed by atoms with Gasteiger partial charge in [-0.3, -0.25) is 4.79 Å². The topological polar surface area (TPSA) is 80.9 Å². The summed E-state index contributed by atoms with van der Waals surface area (Å²) in [5.41, 5.74) is 1.82. The molecule has 6 nitrogen and oxygen atoms in total. The molecule has 3 aromatic heterocycles. The number of aryl methyl sites for hydroxylation is 1. The van der Waals surface area contributed by atoms with Gasteiger partial charge in [0.05, 0.1) is 4.88 Å². The summed E-state index contributed by atoms with van der Waals surface area (Å²) in [4.78, 5) is 21.7. The molecule has 1 N–H and O–H groups in total. The van der Waals surface area contributed by atoms with Gasteiger partial charge in [0.25, 0.3) is 0 Å². The number of anilines is 1. The number of thiazole rings is 1. The molecule has 136 valence electrons. The van der Waals surface area contributed by atoms with Crippen molar-refractivity contribution in [2.75, 3.05) is 5.32 Å². The van der Waals surface area contributed by atoms with Gasteiger partial charge in [0, 0.05) is 35.7 Å². The fourth-order valence-corrected chi connectivity index (χ4v) is 3.84. The number of carbonyl (C=O) groups is 1. The van der Waals surface area contributed by atoms with Crippen molar-refractivity contribution in [3.05, 3.63) is 59.2 Å². The maximum absolute atomic E-state index is 12.1. The number of hydrogen-bond donors (Lipinski definition) is 1. The predicted molar refractivity (Wildman–Crippen MR) is 107 cm³/mol. The molecule has 0 saturated carbocycles. The van der Waals surface area contributed by atoms with Gasteiger partial charge in [0.15, 0.2) is 0 Å². The summed E-state index contributed by atoms with van der Waals surface area (Å²) in [5, 5.41) is 11.8. The van der Waals surface area contributed by atoms with Crippen LogP contribution in [0.4, 0.5) is 5.69 Å².